The van der Waals surface area contributed by atoms with Gasteiger partial charge in [-0.25, -0.2) is 0 Å². The lowest BCUT2D eigenvalue weighted by atomic mass is 9.86. The molecule has 0 spiro atoms. The summed E-state index contributed by atoms with van der Waals surface area (Å²) in [5.41, 5.74) is 1.13. The van der Waals surface area contributed by atoms with E-state index in [9.17, 15) is 4.79 Å². The molecule has 1 saturated carbocycles. The monoisotopic (exact) mass is 325 g/mol. The summed E-state index contributed by atoms with van der Waals surface area (Å²) >= 11 is 3.47. The molecule has 3 nitrogen and oxygen atoms in total. The quantitative estimate of drug-likeness (QED) is 0.851. The van der Waals surface area contributed by atoms with Crippen LogP contribution in [0.3, 0.4) is 0 Å². The number of nitrogens with one attached hydrogen (secondary N) is 1. The van der Waals surface area contributed by atoms with Gasteiger partial charge in [-0.15, -0.1) is 0 Å². The van der Waals surface area contributed by atoms with Crippen LogP contribution >= 0.6 is 15.9 Å². The van der Waals surface area contributed by atoms with E-state index in [0.29, 0.717) is 12.6 Å². The molecule has 0 amide bonds. The van der Waals surface area contributed by atoms with Crippen molar-refractivity contribution in [2.75, 3.05) is 11.9 Å². The van der Waals surface area contributed by atoms with Crippen LogP contribution in [0.1, 0.15) is 32.6 Å². The number of halogens is 1. The predicted octanol–water partition coefficient (Wildman–Crippen LogP) is 3.98. The average Bonchev–Trinajstić information content (AvgIpc) is 2.40. The highest BCUT2D eigenvalue weighted by atomic mass is 79.9. The molecule has 19 heavy (non-hydrogen) atoms. The number of anilines is 1. The Morgan fingerprint density at radius 1 is 1.37 bits per heavy atom. The molecule has 0 unspecified atom stereocenters. The van der Waals surface area contributed by atoms with Gasteiger partial charge in [0.05, 0.1) is 12.5 Å². The van der Waals surface area contributed by atoms with Crippen molar-refractivity contribution >= 4 is 27.6 Å². The zero-order chi connectivity index (χ0) is 13.7. The van der Waals surface area contributed by atoms with Crippen molar-refractivity contribution in [3.63, 3.8) is 0 Å². The minimum absolute atomic E-state index is 0.0246. The number of hydrogen-bond donors (Lipinski definition) is 1. The van der Waals surface area contributed by atoms with Crippen LogP contribution < -0.4 is 5.32 Å². The van der Waals surface area contributed by atoms with E-state index < -0.39 is 0 Å². The summed E-state index contributed by atoms with van der Waals surface area (Å²) in [5.74, 6) is 0.0731. The van der Waals surface area contributed by atoms with Crippen LogP contribution in [0.5, 0.6) is 0 Å². The van der Waals surface area contributed by atoms with Gasteiger partial charge in [0.2, 0.25) is 0 Å². The molecule has 1 aromatic rings. The van der Waals surface area contributed by atoms with E-state index >= 15 is 0 Å². The Balaban J connectivity index is 1.82. The van der Waals surface area contributed by atoms with E-state index in [2.05, 4.69) is 33.4 Å². The summed E-state index contributed by atoms with van der Waals surface area (Å²) in [5, 5.41) is 3.53. The standard InChI is InChI=1S/C15H20BrNO2/c1-2-19-15(18)11-6-8-13(9-7-11)17-14-5-3-4-12(16)10-14/h3-5,10-11,13,17H,2,6-9H2,1H3. The molecule has 0 radical (unpaired) electrons. The first kappa shape index (κ1) is 14.4. The van der Waals surface area contributed by atoms with E-state index in [1.165, 1.54) is 0 Å². The lowest BCUT2D eigenvalue weighted by molar-refractivity contribution is -0.149. The Kier molecular flexibility index (Phi) is 5.25. The molecule has 1 aromatic carbocycles. The molecule has 4 heteroatoms. The van der Waals surface area contributed by atoms with Crippen LogP contribution in [0.2, 0.25) is 0 Å². The average molecular weight is 326 g/mol. The van der Waals surface area contributed by atoms with Gasteiger partial charge in [0, 0.05) is 16.2 Å². The van der Waals surface area contributed by atoms with Crippen LogP contribution in [0, 0.1) is 5.92 Å². The molecule has 0 aromatic heterocycles. The molecule has 1 aliphatic carbocycles. The summed E-state index contributed by atoms with van der Waals surface area (Å²) < 4.78 is 6.17. The highest BCUT2D eigenvalue weighted by molar-refractivity contribution is 9.10. The van der Waals surface area contributed by atoms with Crippen molar-refractivity contribution in [2.24, 2.45) is 5.92 Å². The van der Waals surface area contributed by atoms with E-state index in [1.807, 2.05) is 19.1 Å². The number of benzene rings is 1. The fourth-order valence-electron chi connectivity index (χ4n) is 2.55. The Morgan fingerprint density at radius 2 is 2.11 bits per heavy atom. The number of carbonyl (C=O) groups is 1. The van der Waals surface area contributed by atoms with Gasteiger partial charge in [-0.2, -0.15) is 0 Å². The van der Waals surface area contributed by atoms with E-state index in [-0.39, 0.29) is 11.9 Å². The van der Waals surface area contributed by atoms with Crippen molar-refractivity contribution < 1.29 is 9.53 Å². The molecule has 1 N–H and O–H groups in total. The second-order valence-corrected chi connectivity index (χ2v) is 5.87. The van der Waals surface area contributed by atoms with Crippen molar-refractivity contribution in [1.82, 2.24) is 0 Å². The fourth-order valence-corrected chi connectivity index (χ4v) is 2.95. The summed E-state index contributed by atoms with van der Waals surface area (Å²) in [7, 11) is 0. The Labute approximate surface area is 122 Å². The van der Waals surface area contributed by atoms with E-state index in [0.717, 1.165) is 35.8 Å². The topological polar surface area (TPSA) is 38.3 Å². The van der Waals surface area contributed by atoms with Crippen molar-refractivity contribution in [3.8, 4) is 0 Å². The highest BCUT2D eigenvalue weighted by Gasteiger charge is 2.27. The van der Waals surface area contributed by atoms with Crippen LogP contribution in [0.4, 0.5) is 5.69 Å². The number of hydrogen-bond acceptors (Lipinski definition) is 3. The highest BCUT2D eigenvalue weighted by Crippen LogP contribution is 2.28. The molecule has 1 aliphatic rings. The molecule has 0 saturated heterocycles. The predicted molar refractivity (Wildman–Crippen MR) is 80.1 cm³/mol. The van der Waals surface area contributed by atoms with Crippen molar-refractivity contribution in [2.45, 2.75) is 38.6 Å². The maximum Gasteiger partial charge on any atom is 0.308 e. The Morgan fingerprint density at radius 3 is 2.74 bits per heavy atom. The van der Waals surface area contributed by atoms with Gasteiger partial charge in [-0.05, 0) is 50.8 Å². The molecular formula is C15H20BrNO2. The largest absolute Gasteiger partial charge is 0.466 e. The van der Waals surface area contributed by atoms with E-state index in [1.54, 1.807) is 0 Å². The smallest absolute Gasteiger partial charge is 0.308 e. The summed E-state index contributed by atoms with van der Waals surface area (Å²) in [6.07, 6.45) is 3.89. The fraction of sp³-hybridized carbons (Fsp3) is 0.533. The van der Waals surface area contributed by atoms with Crippen LogP contribution in [-0.4, -0.2) is 18.6 Å². The molecular weight excluding hydrogens is 306 g/mol. The van der Waals surface area contributed by atoms with Gasteiger partial charge in [0.1, 0.15) is 0 Å². The SMILES string of the molecule is CCOC(=O)C1CCC(Nc2cccc(Br)c2)CC1. The van der Waals surface area contributed by atoms with Crippen LogP contribution in [-0.2, 0) is 9.53 Å². The third-order valence-corrected chi connectivity index (χ3v) is 4.04. The normalized spacial score (nSPS) is 22.8. The first-order chi connectivity index (χ1) is 9.19. The second-order valence-electron chi connectivity index (χ2n) is 4.96. The number of carbonyl (C=O) groups excluding carboxylic acids is 1. The first-order valence-electron chi connectivity index (χ1n) is 6.87. The lowest BCUT2D eigenvalue weighted by Gasteiger charge is -2.28. The van der Waals surface area contributed by atoms with Gasteiger partial charge >= 0.3 is 5.97 Å². The van der Waals surface area contributed by atoms with Gasteiger partial charge in [-0.3, -0.25) is 4.79 Å². The zero-order valence-corrected chi connectivity index (χ0v) is 12.8. The maximum absolute atomic E-state index is 11.7. The first-order valence-corrected chi connectivity index (χ1v) is 7.67. The molecule has 104 valence electrons. The van der Waals surface area contributed by atoms with Crippen LogP contribution in [0.25, 0.3) is 0 Å². The number of esters is 1. The summed E-state index contributed by atoms with van der Waals surface area (Å²) in [6, 6.07) is 8.65. The second kappa shape index (κ2) is 6.94. The van der Waals surface area contributed by atoms with Gasteiger partial charge in [0.25, 0.3) is 0 Å². The van der Waals surface area contributed by atoms with Gasteiger partial charge in [0.15, 0.2) is 0 Å². The number of rotatable bonds is 4. The molecule has 1 fully saturated rings. The summed E-state index contributed by atoms with van der Waals surface area (Å²) in [6.45, 7) is 2.34. The summed E-state index contributed by atoms with van der Waals surface area (Å²) in [4.78, 5) is 11.7. The minimum Gasteiger partial charge on any atom is -0.466 e. The molecule has 0 atom stereocenters. The lowest BCUT2D eigenvalue weighted by Crippen LogP contribution is -2.30. The van der Waals surface area contributed by atoms with Gasteiger partial charge in [-0.1, -0.05) is 22.0 Å². The molecule has 0 bridgehead atoms. The number of ether oxygens (including phenoxy) is 1. The maximum atomic E-state index is 11.7. The third kappa shape index (κ3) is 4.23. The van der Waals surface area contributed by atoms with Gasteiger partial charge < -0.3 is 10.1 Å². The third-order valence-electron chi connectivity index (χ3n) is 3.54. The van der Waals surface area contributed by atoms with E-state index in [4.69, 9.17) is 4.74 Å². The Hall–Kier alpha value is -1.03. The van der Waals surface area contributed by atoms with Crippen molar-refractivity contribution in [3.05, 3.63) is 28.7 Å². The van der Waals surface area contributed by atoms with Crippen molar-refractivity contribution in [1.29, 1.82) is 0 Å². The zero-order valence-electron chi connectivity index (χ0n) is 11.2. The minimum atomic E-state index is -0.0246. The van der Waals surface area contributed by atoms with Crippen LogP contribution in [0.15, 0.2) is 28.7 Å². The Bertz CT molecular complexity index is 428. The molecule has 2 rings (SSSR count). The molecule has 0 aliphatic heterocycles. The molecule has 0 heterocycles.